The molecule has 0 aliphatic rings. The predicted octanol–water partition coefficient (Wildman–Crippen LogP) is 3.83. The van der Waals surface area contributed by atoms with E-state index in [0.29, 0.717) is 0 Å². The Morgan fingerprint density at radius 1 is 1.09 bits per heavy atom. The molecule has 9 heteroatoms. The molecule has 2 aromatic rings. The van der Waals surface area contributed by atoms with Crippen molar-refractivity contribution < 1.29 is 26.3 Å². The lowest BCUT2D eigenvalue weighted by molar-refractivity contribution is -0.274. The van der Waals surface area contributed by atoms with Gasteiger partial charge in [-0.3, -0.25) is 0 Å². The normalized spacial score (nSPS) is 12.2. The van der Waals surface area contributed by atoms with Crippen molar-refractivity contribution in [3.63, 3.8) is 0 Å². The van der Waals surface area contributed by atoms with Crippen molar-refractivity contribution >= 4 is 26.0 Å². The van der Waals surface area contributed by atoms with Crippen LogP contribution in [0.1, 0.15) is 5.56 Å². The fraction of sp³-hybridized carbons (Fsp3) is 0.143. The first-order chi connectivity index (χ1) is 10.7. The zero-order valence-electron chi connectivity index (χ0n) is 11.5. The van der Waals surface area contributed by atoms with E-state index in [0.717, 1.165) is 17.7 Å². The Kier molecular flexibility index (Phi) is 5.33. The van der Waals surface area contributed by atoms with E-state index in [1.807, 2.05) is 0 Å². The number of hydrogen-bond donors (Lipinski definition) is 1. The largest absolute Gasteiger partial charge is 0.573 e. The van der Waals surface area contributed by atoms with Crippen molar-refractivity contribution in [2.24, 2.45) is 0 Å². The molecule has 0 aliphatic carbocycles. The third kappa shape index (κ3) is 5.22. The fourth-order valence-electron chi connectivity index (χ4n) is 1.74. The monoisotopic (exact) mass is 409 g/mol. The smallest absolute Gasteiger partial charge is 0.406 e. The molecule has 0 heterocycles. The summed E-state index contributed by atoms with van der Waals surface area (Å²) in [6.07, 6.45) is -4.90. The van der Waals surface area contributed by atoms with Crippen molar-refractivity contribution in [3.05, 3.63) is 58.6 Å². The molecule has 1 N–H and O–H groups in total. The van der Waals surface area contributed by atoms with E-state index in [9.17, 15) is 21.6 Å². The van der Waals surface area contributed by atoms with Crippen molar-refractivity contribution in [3.8, 4) is 5.75 Å². The highest BCUT2D eigenvalue weighted by Crippen LogP contribution is 2.30. The summed E-state index contributed by atoms with van der Waals surface area (Å²) < 4.78 is 67.5. The standard InChI is InChI=1S/C14H11BrF3NO3S/c15-12-7-6-11(22-14(16,17)18)8-13(12)23(20,21)19-9-10-4-2-1-3-5-10/h1-8,19H,9H2. The first-order valence-corrected chi connectivity index (χ1v) is 8.54. The minimum absolute atomic E-state index is 0.0139. The van der Waals surface area contributed by atoms with Crippen LogP contribution in [0.4, 0.5) is 13.2 Å². The zero-order chi connectivity index (χ0) is 17.1. The second kappa shape index (κ2) is 6.90. The summed E-state index contributed by atoms with van der Waals surface area (Å²) in [5.74, 6) is -0.610. The van der Waals surface area contributed by atoms with Gasteiger partial charge in [0.15, 0.2) is 0 Å². The molecule has 0 aromatic heterocycles. The Morgan fingerprint density at radius 3 is 2.35 bits per heavy atom. The molecule has 0 saturated carbocycles. The molecule has 2 rings (SSSR count). The van der Waals surface area contributed by atoms with E-state index in [-0.39, 0.29) is 15.9 Å². The maximum atomic E-state index is 12.3. The van der Waals surface area contributed by atoms with Gasteiger partial charge in [-0.05, 0) is 33.6 Å². The minimum atomic E-state index is -4.90. The van der Waals surface area contributed by atoms with Gasteiger partial charge in [-0.1, -0.05) is 30.3 Å². The molecule has 0 fully saturated rings. The Balaban J connectivity index is 2.23. The number of nitrogens with one attached hydrogen (secondary N) is 1. The highest BCUT2D eigenvalue weighted by Gasteiger charge is 2.32. The third-order valence-corrected chi connectivity index (χ3v) is 5.13. The number of benzene rings is 2. The molecule has 0 radical (unpaired) electrons. The highest BCUT2D eigenvalue weighted by atomic mass is 79.9. The van der Waals surface area contributed by atoms with Crippen LogP contribution in [-0.4, -0.2) is 14.8 Å². The van der Waals surface area contributed by atoms with Gasteiger partial charge in [0, 0.05) is 17.1 Å². The van der Waals surface area contributed by atoms with Crippen LogP contribution in [0.15, 0.2) is 57.9 Å². The molecule has 0 saturated heterocycles. The summed E-state index contributed by atoms with van der Waals surface area (Å²) in [5.41, 5.74) is 0.717. The quantitative estimate of drug-likeness (QED) is 0.816. The Hall–Kier alpha value is -1.58. The van der Waals surface area contributed by atoms with Crippen LogP contribution in [-0.2, 0) is 16.6 Å². The van der Waals surface area contributed by atoms with Gasteiger partial charge >= 0.3 is 6.36 Å². The van der Waals surface area contributed by atoms with Crippen LogP contribution >= 0.6 is 15.9 Å². The SMILES string of the molecule is O=S(=O)(NCc1ccccc1)c1cc(OC(F)(F)F)ccc1Br. The van der Waals surface area contributed by atoms with Crippen molar-refractivity contribution in [1.29, 1.82) is 0 Å². The Labute approximate surface area is 139 Å². The van der Waals surface area contributed by atoms with E-state index in [4.69, 9.17) is 0 Å². The Morgan fingerprint density at radius 2 is 1.74 bits per heavy atom. The Bertz CT molecular complexity index is 780. The van der Waals surface area contributed by atoms with Crippen LogP contribution < -0.4 is 9.46 Å². The first kappa shape index (κ1) is 17.8. The van der Waals surface area contributed by atoms with Gasteiger partial charge in [0.1, 0.15) is 5.75 Å². The molecule has 4 nitrogen and oxygen atoms in total. The minimum Gasteiger partial charge on any atom is -0.406 e. The average molecular weight is 410 g/mol. The number of sulfonamides is 1. The van der Waals surface area contributed by atoms with Crippen LogP contribution in [0.2, 0.25) is 0 Å². The number of ether oxygens (including phenoxy) is 1. The number of rotatable bonds is 5. The second-order valence-corrected chi connectivity index (χ2v) is 7.04. The average Bonchev–Trinajstić information content (AvgIpc) is 2.47. The third-order valence-electron chi connectivity index (χ3n) is 2.73. The van der Waals surface area contributed by atoms with Gasteiger partial charge in [-0.2, -0.15) is 0 Å². The van der Waals surface area contributed by atoms with Crippen LogP contribution in [0.25, 0.3) is 0 Å². The molecular weight excluding hydrogens is 399 g/mol. The van der Waals surface area contributed by atoms with E-state index in [1.54, 1.807) is 30.3 Å². The summed E-state index contributed by atoms with van der Waals surface area (Å²) >= 11 is 3.02. The van der Waals surface area contributed by atoms with Crippen molar-refractivity contribution in [2.45, 2.75) is 17.8 Å². The molecule has 0 bridgehead atoms. The van der Waals surface area contributed by atoms with Crippen LogP contribution in [0.5, 0.6) is 5.75 Å². The second-order valence-electron chi connectivity index (χ2n) is 4.45. The highest BCUT2D eigenvalue weighted by molar-refractivity contribution is 9.10. The zero-order valence-corrected chi connectivity index (χ0v) is 13.9. The maximum absolute atomic E-state index is 12.3. The molecule has 2 aromatic carbocycles. The summed E-state index contributed by atoms with van der Waals surface area (Å²) in [6.45, 7) is 0.0139. The molecule has 0 aliphatic heterocycles. The van der Waals surface area contributed by atoms with Gasteiger partial charge in [0.25, 0.3) is 0 Å². The summed E-state index contributed by atoms with van der Waals surface area (Å²) in [5, 5.41) is 0. The molecule has 0 unspecified atom stereocenters. The van der Waals surface area contributed by atoms with Gasteiger partial charge < -0.3 is 4.74 Å². The van der Waals surface area contributed by atoms with Gasteiger partial charge in [-0.25, -0.2) is 13.1 Å². The molecule has 0 atom stereocenters. The molecular formula is C14H11BrF3NO3S. The maximum Gasteiger partial charge on any atom is 0.573 e. The van der Waals surface area contributed by atoms with Gasteiger partial charge in [0.05, 0.1) is 4.90 Å². The summed E-state index contributed by atoms with van der Waals surface area (Å²) in [7, 11) is -4.01. The van der Waals surface area contributed by atoms with Gasteiger partial charge in [0.2, 0.25) is 10.0 Å². The lowest BCUT2D eigenvalue weighted by atomic mass is 10.2. The topological polar surface area (TPSA) is 55.4 Å². The number of hydrogen-bond acceptors (Lipinski definition) is 3. The van der Waals surface area contributed by atoms with Crippen molar-refractivity contribution in [2.75, 3.05) is 0 Å². The van der Waals surface area contributed by atoms with Crippen molar-refractivity contribution in [1.82, 2.24) is 4.72 Å². The number of halogens is 4. The van der Waals surface area contributed by atoms with Crippen LogP contribution in [0, 0.1) is 0 Å². The lowest BCUT2D eigenvalue weighted by Crippen LogP contribution is -2.24. The summed E-state index contributed by atoms with van der Waals surface area (Å²) in [6, 6.07) is 11.7. The fourth-order valence-corrected chi connectivity index (χ4v) is 3.73. The number of alkyl halides is 3. The van der Waals surface area contributed by atoms with E-state index in [1.165, 1.54) is 6.07 Å². The molecule has 0 amide bonds. The van der Waals surface area contributed by atoms with Gasteiger partial charge in [-0.15, -0.1) is 13.2 Å². The van der Waals surface area contributed by atoms with E-state index >= 15 is 0 Å². The molecule has 23 heavy (non-hydrogen) atoms. The van der Waals surface area contributed by atoms with Crippen LogP contribution in [0.3, 0.4) is 0 Å². The summed E-state index contributed by atoms with van der Waals surface area (Å²) in [4.78, 5) is -0.338. The molecule has 0 spiro atoms. The first-order valence-electron chi connectivity index (χ1n) is 6.26. The predicted molar refractivity (Wildman–Crippen MR) is 81.3 cm³/mol. The van der Waals surface area contributed by atoms with E-state index < -0.39 is 22.1 Å². The van der Waals surface area contributed by atoms with E-state index in [2.05, 4.69) is 25.4 Å². The lowest BCUT2D eigenvalue weighted by Gasteiger charge is -2.12. The molecule has 124 valence electrons.